The number of rotatable bonds is 48. The molecule has 0 aromatic carbocycles. The van der Waals surface area contributed by atoms with E-state index in [2.05, 4.69) is 45.1 Å². The van der Waals surface area contributed by atoms with E-state index in [1.54, 1.807) is 0 Å². The average Bonchev–Trinajstić information content (AvgIpc) is 3.24. The van der Waals surface area contributed by atoms with Crippen molar-refractivity contribution in [1.82, 2.24) is 0 Å². The first-order valence-electron chi connectivity index (χ1n) is 26.3. The Balaban J connectivity index is 4.33. The molecule has 0 amide bonds. The lowest BCUT2D eigenvalue weighted by molar-refractivity contribution is -0.167. The standard InChI is InChI=1S/C54H100O6/c1-4-7-10-13-16-19-22-25-26-27-28-30-33-35-38-41-44-47-53(56)59-50-51(60-54(57)48-45-42-39-36-31-24-21-18-15-12-9-6-3)49-58-52(55)46-43-40-37-34-32-29-23-20-17-14-11-8-5-2/h20,23,25-26,51H,4-19,21-22,24,27-50H2,1-3H3/b23-20-,26-25-/t51-/m0/s1. The Morgan fingerprint density at radius 3 is 0.850 bits per heavy atom. The maximum atomic E-state index is 12.8. The predicted octanol–water partition coefficient (Wildman–Crippen LogP) is 17.2. The molecule has 6 heteroatoms. The molecule has 0 saturated carbocycles. The van der Waals surface area contributed by atoms with Crippen LogP contribution in [-0.4, -0.2) is 37.2 Å². The van der Waals surface area contributed by atoms with Crippen LogP contribution in [0.1, 0.15) is 284 Å². The predicted molar refractivity (Wildman–Crippen MR) is 256 cm³/mol. The molecule has 1 atom stereocenters. The molecule has 0 bridgehead atoms. The van der Waals surface area contributed by atoms with Gasteiger partial charge < -0.3 is 14.2 Å². The smallest absolute Gasteiger partial charge is 0.306 e. The normalized spacial score (nSPS) is 12.1. The van der Waals surface area contributed by atoms with Gasteiger partial charge in [0.1, 0.15) is 13.2 Å². The number of unbranched alkanes of at least 4 members (excludes halogenated alkanes) is 33. The van der Waals surface area contributed by atoms with Gasteiger partial charge in [-0.15, -0.1) is 0 Å². The molecule has 0 aliphatic heterocycles. The Labute approximate surface area is 373 Å². The fourth-order valence-corrected chi connectivity index (χ4v) is 7.67. The summed E-state index contributed by atoms with van der Waals surface area (Å²) < 4.78 is 16.8. The summed E-state index contributed by atoms with van der Waals surface area (Å²) in [5.74, 6) is -0.873. The molecule has 0 saturated heterocycles. The van der Waals surface area contributed by atoms with Crippen LogP contribution in [0.25, 0.3) is 0 Å². The minimum absolute atomic E-state index is 0.0725. The van der Waals surface area contributed by atoms with Crippen molar-refractivity contribution in [3.05, 3.63) is 24.3 Å². The van der Waals surface area contributed by atoms with Gasteiger partial charge in [-0.25, -0.2) is 0 Å². The summed E-state index contributed by atoms with van der Waals surface area (Å²) in [5, 5.41) is 0. The number of hydrogen-bond donors (Lipinski definition) is 0. The van der Waals surface area contributed by atoms with Gasteiger partial charge in [-0.1, -0.05) is 218 Å². The Morgan fingerprint density at radius 2 is 0.550 bits per heavy atom. The van der Waals surface area contributed by atoms with Crippen LogP contribution in [0.5, 0.6) is 0 Å². The number of carbonyl (C=O) groups is 3. The van der Waals surface area contributed by atoms with Crippen LogP contribution < -0.4 is 0 Å². The average molecular weight is 845 g/mol. The van der Waals surface area contributed by atoms with Gasteiger partial charge in [0.05, 0.1) is 0 Å². The van der Waals surface area contributed by atoms with E-state index in [9.17, 15) is 14.4 Å². The lowest BCUT2D eigenvalue weighted by Crippen LogP contribution is -2.30. The second-order valence-electron chi connectivity index (χ2n) is 17.8. The molecule has 0 heterocycles. The third kappa shape index (κ3) is 46.9. The van der Waals surface area contributed by atoms with Crippen molar-refractivity contribution in [2.75, 3.05) is 13.2 Å². The molecular weight excluding hydrogens is 745 g/mol. The lowest BCUT2D eigenvalue weighted by Gasteiger charge is -2.18. The Morgan fingerprint density at radius 1 is 0.317 bits per heavy atom. The van der Waals surface area contributed by atoms with Crippen LogP contribution in [0.2, 0.25) is 0 Å². The molecule has 0 fully saturated rings. The molecule has 0 radical (unpaired) electrons. The first kappa shape index (κ1) is 57.9. The number of hydrogen-bond acceptors (Lipinski definition) is 6. The molecule has 0 aliphatic carbocycles. The van der Waals surface area contributed by atoms with Crippen molar-refractivity contribution in [3.8, 4) is 0 Å². The van der Waals surface area contributed by atoms with Crippen molar-refractivity contribution >= 4 is 17.9 Å². The largest absolute Gasteiger partial charge is 0.462 e. The summed E-state index contributed by atoms with van der Waals surface area (Å²) in [6, 6.07) is 0. The third-order valence-corrected chi connectivity index (χ3v) is 11.7. The molecule has 352 valence electrons. The van der Waals surface area contributed by atoms with Crippen LogP contribution >= 0.6 is 0 Å². The van der Waals surface area contributed by atoms with Gasteiger partial charge in [-0.2, -0.15) is 0 Å². The summed E-state index contributed by atoms with van der Waals surface area (Å²) in [6.45, 7) is 6.63. The molecule has 0 rings (SSSR count). The van der Waals surface area contributed by atoms with Crippen LogP contribution in [0.15, 0.2) is 24.3 Å². The Hall–Kier alpha value is -2.11. The number of carbonyl (C=O) groups excluding carboxylic acids is 3. The molecule has 0 unspecified atom stereocenters. The molecule has 0 aromatic rings. The van der Waals surface area contributed by atoms with E-state index in [1.807, 2.05) is 0 Å². The highest BCUT2D eigenvalue weighted by Crippen LogP contribution is 2.15. The van der Waals surface area contributed by atoms with Gasteiger partial charge in [0.25, 0.3) is 0 Å². The first-order valence-corrected chi connectivity index (χ1v) is 26.3. The first-order chi connectivity index (χ1) is 29.5. The fourth-order valence-electron chi connectivity index (χ4n) is 7.67. The van der Waals surface area contributed by atoms with Gasteiger partial charge in [-0.3, -0.25) is 14.4 Å². The number of ether oxygens (including phenoxy) is 3. The summed E-state index contributed by atoms with van der Waals surface area (Å²) in [7, 11) is 0. The van der Waals surface area contributed by atoms with Gasteiger partial charge in [-0.05, 0) is 70.6 Å². The number of allylic oxidation sites excluding steroid dienone is 4. The lowest BCUT2D eigenvalue weighted by atomic mass is 10.0. The van der Waals surface area contributed by atoms with Crippen LogP contribution in [0, 0.1) is 0 Å². The van der Waals surface area contributed by atoms with Gasteiger partial charge in [0.2, 0.25) is 0 Å². The van der Waals surface area contributed by atoms with E-state index in [-0.39, 0.29) is 31.1 Å². The monoisotopic (exact) mass is 845 g/mol. The van der Waals surface area contributed by atoms with Gasteiger partial charge in [0.15, 0.2) is 6.10 Å². The van der Waals surface area contributed by atoms with Crippen LogP contribution in [-0.2, 0) is 28.6 Å². The third-order valence-electron chi connectivity index (χ3n) is 11.7. The minimum Gasteiger partial charge on any atom is -0.462 e. The second-order valence-corrected chi connectivity index (χ2v) is 17.8. The molecule has 0 aliphatic rings. The molecular formula is C54H100O6. The van der Waals surface area contributed by atoms with Crippen LogP contribution in [0.4, 0.5) is 0 Å². The summed E-state index contributed by atoms with van der Waals surface area (Å²) in [5.41, 5.74) is 0. The van der Waals surface area contributed by atoms with Crippen molar-refractivity contribution in [1.29, 1.82) is 0 Å². The highest BCUT2D eigenvalue weighted by Gasteiger charge is 2.19. The summed E-state index contributed by atoms with van der Waals surface area (Å²) in [4.78, 5) is 37.9. The SMILES string of the molecule is CCCCCC/C=C\CCCCCCCC(=O)OC[C@@H](COC(=O)CCCCCCCCC/C=C\CCCCCCCC)OC(=O)CCCCCCCCCCCCCC. The van der Waals surface area contributed by atoms with Crippen molar-refractivity contribution in [2.45, 2.75) is 290 Å². The van der Waals surface area contributed by atoms with E-state index in [0.717, 1.165) is 64.2 Å². The Bertz CT molecular complexity index is 973. The fraction of sp³-hybridized carbons (Fsp3) is 0.870. The van der Waals surface area contributed by atoms with Crippen molar-refractivity contribution in [2.24, 2.45) is 0 Å². The molecule has 0 aromatic heterocycles. The van der Waals surface area contributed by atoms with Gasteiger partial charge >= 0.3 is 17.9 Å². The zero-order valence-corrected chi connectivity index (χ0v) is 40.2. The van der Waals surface area contributed by atoms with E-state index in [4.69, 9.17) is 14.2 Å². The molecule has 0 spiro atoms. The summed E-state index contributed by atoms with van der Waals surface area (Å²) >= 11 is 0. The van der Waals surface area contributed by atoms with E-state index >= 15 is 0 Å². The molecule has 0 N–H and O–H groups in total. The zero-order valence-electron chi connectivity index (χ0n) is 40.2. The number of esters is 3. The highest BCUT2D eigenvalue weighted by molar-refractivity contribution is 5.71. The molecule has 6 nitrogen and oxygen atoms in total. The minimum atomic E-state index is -0.771. The van der Waals surface area contributed by atoms with E-state index < -0.39 is 6.10 Å². The van der Waals surface area contributed by atoms with Crippen molar-refractivity contribution < 1.29 is 28.6 Å². The topological polar surface area (TPSA) is 78.9 Å². The van der Waals surface area contributed by atoms with E-state index in [1.165, 1.54) is 180 Å². The summed E-state index contributed by atoms with van der Waals surface area (Å²) in [6.07, 6.45) is 55.8. The van der Waals surface area contributed by atoms with E-state index in [0.29, 0.717) is 19.3 Å². The Kier molecular flexibility index (Phi) is 47.8. The van der Waals surface area contributed by atoms with Crippen LogP contribution in [0.3, 0.4) is 0 Å². The highest BCUT2D eigenvalue weighted by atomic mass is 16.6. The second kappa shape index (κ2) is 49.5. The quantitative estimate of drug-likeness (QED) is 0.0263. The van der Waals surface area contributed by atoms with Crippen molar-refractivity contribution in [3.63, 3.8) is 0 Å². The maximum Gasteiger partial charge on any atom is 0.306 e. The zero-order chi connectivity index (χ0) is 43.7. The maximum absolute atomic E-state index is 12.8. The van der Waals surface area contributed by atoms with Gasteiger partial charge in [0, 0.05) is 19.3 Å². The molecule has 60 heavy (non-hydrogen) atoms.